The number of nitrogens with zero attached hydrogens (tertiary/aromatic N) is 1. The van der Waals surface area contributed by atoms with E-state index in [1.54, 1.807) is 4.90 Å². The van der Waals surface area contributed by atoms with Gasteiger partial charge in [0.1, 0.15) is 6.61 Å². The van der Waals surface area contributed by atoms with Crippen molar-refractivity contribution in [1.82, 2.24) is 10.2 Å². The lowest BCUT2D eigenvalue weighted by molar-refractivity contribution is -0.136. The third-order valence-electron chi connectivity index (χ3n) is 3.31. The number of halogens is 1. The van der Waals surface area contributed by atoms with Gasteiger partial charge in [0.15, 0.2) is 0 Å². The van der Waals surface area contributed by atoms with E-state index in [0.29, 0.717) is 18.7 Å². The molecule has 0 atom stereocenters. The molecule has 2 rings (SSSR count). The summed E-state index contributed by atoms with van der Waals surface area (Å²) in [5.41, 5.74) is 0.338. The lowest BCUT2D eigenvalue weighted by atomic mass is 10.0. The smallest absolute Gasteiger partial charge is 0.256 e. The van der Waals surface area contributed by atoms with E-state index in [9.17, 15) is 9.59 Å². The fraction of sp³-hybridized carbons (Fsp3) is 0.538. The zero-order valence-electron chi connectivity index (χ0n) is 11.2. The summed E-state index contributed by atoms with van der Waals surface area (Å²) >= 11 is 5.76. The van der Waals surface area contributed by atoms with Crippen LogP contribution >= 0.6 is 11.6 Å². The van der Waals surface area contributed by atoms with Gasteiger partial charge >= 0.3 is 0 Å². The highest BCUT2D eigenvalue weighted by Crippen LogP contribution is 2.18. The highest BCUT2D eigenvalue weighted by molar-refractivity contribution is 6.32. The maximum absolute atomic E-state index is 12.0. The minimum atomic E-state index is -0.245. The predicted octanol–water partition coefficient (Wildman–Crippen LogP) is 1.30. The number of hydrogen-bond acceptors (Lipinski definition) is 4. The van der Waals surface area contributed by atoms with Crippen LogP contribution in [0.25, 0.3) is 0 Å². The number of rotatable bonds is 4. The summed E-state index contributed by atoms with van der Waals surface area (Å²) in [5, 5.41) is 2.99. The molecule has 0 spiro atoms. The molecule has 0 bridgehead atoms. The topological polar surface area (TPSA) is 71.8 Å². The fourth-order valence-electron chi connectivity index (χ4n) is 2.21. The molecule has 2 heterocycles. The molecular weight excluding hydrogens is 284 g/mol. The van der Waals surface area contributed by atoms with Crippen molar-refractivity contribution >= 4 is 23.4 Å². The molecular formula is C13H17ClN2O4. The molecule has 1 saturated heterocycles. The van der Waals surface area contributed by atoms with E-state index in [-0.39, 0.29) is 29.7 Å². The Bertz CT molecular complexity index is 480. The Morgan fingerprint density at radius 2 is 2.20 bits per heavy atom. The van der Waals surface area contributed by atoms with Crippen molar-refractivity contribution in [1.29, 1.82) is 0 Å². The van der Waals surface area contributed by atoms with Gasteiger partial charge in [0.05, 0.1) is 11.8 Å². The second kappa shape index (κ2) is 6.76. The van der Waals surface area contributed by atoms with E-state index in [2.05, 4.69) is 5.32 Å². The molecule has 0 aromatic carbocycles. The molecule has 1 aromatic rings. The Kier molecular flexibility index (Phi) is 5.03. The van der Waals surface area contributed by atoms with Crippen LogP contribution in [0, 0.1) is 0 Å². The summed E-state index contributed by atoms with van der Waals surface area (Å²) in [5.74, 6) is -0.263. The number of furan rings is 1. The Hall–Kier alpha value is -1.53. The molecule has 0 aliphatic carbocycles. The predicted molar refractivity (Wildman–Crippen MR) is 72.7 cm³/mol. The maximum Gasteiger partial charge on any atom is 0.256 e. The molecule has 7 heteroatoms. The highest BCUT2D eigenvalue weighted by atomic mass is 35.5. The minimum Gasteiger partial charge on any atom is -0.452 e. The monoisotopic (exact) mass is 300 g/mol. The lowest BCUT2D eigenvalue weighted by Crippen LogP contribution is -2.47. The van der Waals surface area contributed by atoms with E-state index in [4.69, 9.17) is 20.8 Å². The number of nitrogens with one attached hydrogen (secondary N) is 1. The first-order valence-corrected chi connectivity index (χ1v) is 6.80. The van der Waals surface area contributed by atoms with Gasteiger partial charge in [0.25, 0.3) is 5.91 Å². The third kappa shape index (κ3) is 3.52. The molecule has 110 valence electrons. The van der Waals surface area contributed by atoms with Crippen molar-refractivity contribution in [3.8, 4) is 0 Å². The summed E-state index contributed by atoms with van der Waals surface area (Å²) in [6, 6.07) is 1.58. The standard InChI is InChI=1S/C13H17ClN2O4/c1-19-8-11(17)16-5-2-9(3-6-16)15-13(18)10-4-7-20-12(10)14/h4,7,9H,2-3,5-6,8H2,1H3,(H,15,18). The molecule has 1 N–H and O–H groups in total. The van der Waals surface area contributed by atoms with Crippen molar-refractivity contribution in [3.05, 3.63) is 23.1 Å². The van der Waals surface area contributed by atoms with Crippen LogP contribution in [0.4, 0.5) is 0 Å². The second-order valence-corrected chi connectivity index (χ2v) is 5.01. The molecule has 1 aromatic heterocycles. The first-order chi connectivity index (χ1) is 9.61. The number of amides is 2. The van der Waals surface area contributed by atoms with Crippen LogP contribution < -0.4 is 5.32 Å². The fourth-order valence-corrected chi connectivity index (χ4v) is 2.41. The van der Waals surface area contributed by atoms with Gasteiger partial charge in [-0.25, -0.2) is 0 Å². The maximum atomic E-state index is 12.0. The Labute approximate surface area is 122 Å². The summed E-state index contributed by atoms with van der Waals surface area (Å²) in [6.45, 7) is 1.33. The summed E-state index contributed by atoms with van der Waals surface area (Å²) in [6.07, 6.45) is 2.82. The number of methoxy groups -OCH3 is 1. The molecule has 1 fully saturated rings. The van der Waals surface area contributed by atoms with Crippen molar-refractivity contribution < 1.29 is 18.7 Å². The normalized spacial score (nSPS) is 16.2. The number of ether oxygens (including phenoxy) is 1. The largest absolute Gasteiger partial charge is 0.452 e. The Morgan fingerprint density at radius 1 is 1.50 bits per heavy atom. The van der Waals surface area contributed by atoms with E-state index >= 15 is 0 Å². The Morgan fingerprint density at radius 3 is 2.75 bits per heavy atom. The van der Waals surface area contributed by atoms with Crippen LogP contribution in [-0.4, -0.2) is 49.6 Å². The molecule has 0 saturated carbocycles. The zero-order valence-corrected chi connectivity index (χ0v) is 12.0. The SMILES string of the molecule is COCC(=O)N1CCC(NC(=O)c2ccoc2Cl)CC1. The van der Waals surface area contributed by atoms with Gasteiger partial charge in [-0.2, -0.15) is 0 Å². The quantitative estimate of drug-likeness (QED) is 0.910. The van der Waals surface area contributed by atoms with Crippen molar-refractivity contribution in [2.24, 2.45) is 0 Å². The molecule has 20 heavy (non-hydrogen) atoms. The molecule has 1 aliphatic heterocycles. The highest BCUT2D eigenvalue weighted by Gasteiger charge is 2.24. The van der Waals surface area contributed by atoms with E-state index in [1.165, 1.54) is 19.4 Å². The molecule has 6 nitrogen and oxygen atoms in total. The number of piperidine rings is 1. The van der Waals surface area contributed by atoms with Gasteiger partial charge in [-0.15, -0.1) is 0 Å². The van der Waals surface area contributed by atoms with Crippen LogP contribution in [0.5, 0.6) is 0 Å². The summed E-state index contributed by atoms with van der Waals surface area (Å²) < 4.78 is 9.71. The van der Waals surface area contributed by atoms with Gasteiger partial charge in [0, 0.05) is 26.2 Å². The summed E-state index contributed by atoms with van der Waals surface area (Å²) in [7, 11) is 1.50. The van der Waals surface area contributed by atoms with Crippen LogP contribution in [0.1, 0.15) is 23.2 Å². The van der Waals surface area contributed by atoms with Gasteiger partial charge in [0.2, 0.25) is 11.1 Å². The first-order valence-electron chi connectivity index (χ1n) is 6.42. The lowest BCUT2D eigenvalue weighted by Gasteiger charge is -2.32. The number of hydrogen-bond donors (Lipinski definition) is 1. The van der Waals surface area contributed by atoms with E-state index < -0.39 is 0 Å². The average Bonchev–Trinajstić information content (AvgIpc) is 2.86. The summed E-state index contributed by atoms with van der Waals surface area (Å²) in [4.78, 5) is 25.3. The van der Waals surface area contributed by atoms with Crippen molar-refractivity contribution in [2.75, 3.05) is 26.8 Å². The van der Waals surface area contributed by atoms with Gasteiger partial charge in [-0.3, -0.25) is 9.59 Å². The van der Waals surface area contributed by atoms with Crippen LogP contribution in [0.3, 0.4) is 0 Å². The number of carbonyl (C=O) groups is 2. The Balaban J connectivity index is 1.81. The van der Waals surface area contributed by atoms with Crippen LogP contribution in [-0.2, 0) is 9.53 Å². The van der Waals surface area contributed by atoms with Crippen molar-refractivity contribution in [2.45, 2.75) is 18.9 Å². The van der Waals surface area contributed by atoms with Crippen molar-refractivity contribution in [3.63, 3.8) is 0 Å². The third-order valence-corrected chi connectivity index (χ3v) is 3.61. The van der Waals surface area contributed by atoms with E-state index in [1.807, 2.05) is 0 Å². The number of carbonyl (C=O) groups excluding carboxylic acids is 2. The van der Waals surface area contributed by atoms with Crippen LogP contribution in [0.2, 0.25) is 5.22 Å². The van der Waals surface area contributed by atoms with Gasteiger partial charge in [-0.1, -0.05) is 0 Å². The van der Waals surface area contributed by atoms with Crippen LogP contribution in [0.15, 0.2) is 16.7 Å². The number of likely N-dealkylation sites (tertiary alicyclic amines) is 1. The average molecular weight is 301 g/mol. The second-order valence-electron chi connectivity index (χ2n) is 4.67. The molecule has 2 amide bonds. The molecule has 1 aliphatic rings. The first kappa shape index (κ1) is 14.9. The van der Waals surface area contributed by atoms with Gasteiger partial charge < -0.3 is 19.4 Å². The molecule has 0 radical (unpaired) electrons. The van der Waals surface area contributed by atoms with Gasteiger partial charge in [-0.05, 0) is 30.5 Å². The zero-order chi connectivity index (χ0) is 14.5. The minimum absolute atomic E-state index is 0.0184. The van der Waals surface area contributed by atoms with E-state index in [0.717, 1.165) is 12.8 Å². The molecule has 0 unspecified atom stereocenters.